The fourth-order valence-corrected chi connectivity index (χ4v) is 2.12. The summed E-state index contributed by atoms with van der Waals surface area (Å²) in [5.41, 5.74) is 2.15. The smallest absolute Gasteiger partial charge is 0.286 e. The van der Waals surface area contributed by atoms with E-state index in [9.17, 15) is 10.1 Å². The molecule has 0 unspecified atom stereocenters. The molecule has 3 aromatic rings. The van der Waals surface area contributed by atoms with Crippen molar-refractivity contribution in [2.45, 2.75) is 0 Å². The van der Waals surface area contributed by atoms with Crippen LogP contribution in [0.25, 0.3) is 16.9 Å². The predicted octanol–water partition coefficient (Wildman–Crippen LogP) is 3.56. The van der Waals surface area contributed by atoms with Crippen LogP contribution in [-0.2, 0) is 0 Å². The summed E-state index contributed by atoms with van der Waals surface area (Å²) in [6.45, 7) is 0. The summed E-state index contributed by atoms with van der Waals surface area (Å²) in [4.78, 5) is 14.7. The predicted molar refractivity (Wildman–Crippen MR) is 72.3 cm³/mol. The molecular weight excluding hydrogens is 266 g/mol. The minimum absolute atomic E-state index is 0.0237. The minimum Gasteiger partial charge on any atom is -0.300 e. The molecule has 0 atom stereocenters. The van der Waals surface area contributed by atoms with E-state index in [1.165, 1.54) is 12.3 Å². The molecule has 2 aromatic heterocycles. The van der Waals surface area contributed by atoms with Crippen molar-refractivity contribution in [1.82, 2.24) is 9.38 Å². The largest absolute Gasteiger partial charge is 0.300 e. The second-order valence-corrected chi connectivity index (χ2v) is 4.42. The number of fused-ring (bicyclic) bond motifs is 1. The molecule has 0 bridgehead atoms. The van der Waals surface area contributed by atoms with Crippen LogP contribution in [-0.4, -0.2) is 14.3 Å². The Morgan fingerprint density at radius 3 is 2.68 bits per heavy atom. The van der Waals surface area contributed by atoms with Crippen LogP contribution < -0.4 is 0 Å². The highest BCUT2D eigenvalue weighted by atomic mass is 35.5. The molecule has 0 amide bonds. The molecule has 0 spiro atoms. The van der Waals surface area contributed by atoms with Gasteiger partial charge in [0.15, 0.2) is 0 Å². The van der Waals surface area contributed by atoms with Gasteiger partial charge in [0.2, 0.25) is 0 Å². The van der Waals surface area contributed by atoms with E-state index >= 15 is 0 Å². The first-order chi connectivity index (χ1) is 9.15. The first-order valence-corrected chi connectivity index (χ1v) is 5.91. The number of hydrogen-bond acceptors (Lipinski definition) is 3. The molecule has 6 heteroatoms. The Kier molecular flexibility index (Phi) is 2.68. The van der Waals surface area contributed by atoms with Crippen LogP contribution in [0, 0.1) is 10.1 Å². The molecule has 0 fully saturated rings. The van der Waals surface area contributed by atoms with Crippen LogP contribution in [0.5, 0.6) is 0 Å². The zero-order valence-corrected chi connectivity index (χ0v) is 10.4. The van der Waals surface area contributed by atoms with E-state index in [4.69, 9.17) is 11.6 Å². The molecule has 94 valence electrons. The van der Waals surface area contributed by atoms with Crippen LogP contribution in [0.2, 0.25) is 5.02 Å². The molecular formula is C13H8ClN3O2. The second kappa shape index (κ2) is 4.37. The normalized spacial score (nSPS) is 10.8. The Labute approximate surface area is 113 Å². The highest BCUT2D eigenvalue weighted by Crippen LogP contribution is 2.27. The number of hydrogen-bond donors (Lipinski definition) is 0. The van der Waals surface area contributed by atoms with E-state index in [0.29, 0.717) is 16.4 Å². The van der Waals surface area contributed by atoms with Gasteiger partial charge in [-0.25, -0.2) is 4.98 Å². The molecule has 3 rings (SSSR count). The number of pyridine rings is 1. The molecule has 19 heavy (non-hydrogen) atoms. The molecule has 0 radical (unpaired) electrons. The number of aromatic nitrogens is 2. The van der Waals surface area contributed by atoms with E-state index in [2.05, 4.69) is 4.98 Å². The number of benzene rings is 1. The maximum Gasteiger partial charge on any atom is 0.286 e. The van der Waals surface area contributed by atoms with Crippen molar-refractivity contribution in [3.05, 3.63) is 63.9 Å². The Balaban J connectivity index is 2.17. The van der Waals surface area contributed by atoms with E-state index in [-0.39, 0.29) is 5.69 Å². The first-order valence-electron chi connectivity index (χ1n) is 5.53. The number of nitro groups is 1. The van der Waals surface area contributed by atoms with Gasteiger partial charge in [0.1, 0.15) is 5.65 Å². The van der Waals surface area contributed by atoms with Gasteiger partial charge in [-0.05, 0) is 12.1 Å². The fourth-order valence-electron chi connectivity index (χ4n) is 1.89. The third kappa shape index (κ3) is 2.04. The van der Waals surface area contributed by atoms with Crippen LogP contribution >= 0.6 is 11.6 Å². The van der Waals surface area contributed by atoms with Crippen molar-refractivity contribution in [2.75, 3.05) is 0 Å². The highest BCUT2D eigenvalue weighted by Gasteiger charge is 2.10. The standard InChI is InChI=1S/C13H8ClN3O2/c14-11-4-2-1-3-10(11)12-8-16-7-9(17(18)19)5-6-13(16)15-12/h1-8H. The monoisotopic (exact) mass is 273 g/mol. The average molecular weight is 274 g/mol. The van der Waals surface area contributed by atoms with E-state index in [1.54, 1.807) is 22.7 Å². The highest BCUT2D eigenvalue weighted by molar-refractivity contribution is 6.33. The molecule has 1 aromatic carbocycles. The van der Waals surface area contributed by atoms with Gasteiger partial charge in [0.05, 0.1) is 21.8 Å². The lowest BCUT2D eigenvalue weighted by Gasteiger charge is -1.97. The lowest BCUT2D eigenvalue weighted by Crippen LogP contribution is -1.90. The van der Waals surface area contributed by atoms with Crippen molar-refractivity contribution in [3.8, 4) is 11.3 Å². The Bertz CT molecular complexity index is 782. The van der Waals surface area contributed by atoms with Crippen LogP contribution in [0.1, 0.15) is 0 Å². The van der Waals surface area contributed by atoms with Crippen molar-refractivity contribution >= 4 is 22.9 Å². The number of imidazole rings is 1. The zero-order chi connectivity index (χ0) is 13.4. The minimum atomic E-state index is -0.436. The summed E-state index contributed by atoms with van der Waals surface area (Å²) in [5.74, 6) is 0. The molecule has 5 nitrogen and oxygen atoms in total. The van der Waals surface area contributed by atoms with E-state index in [0.717, 1.165) is 5.56 Å². The summed E-state index contributed by atoms with van der Waals surface area (Å²) in [6, 6.07) is 10.4. The SMILES string of the molecule is O=[N+]([O-])c1ccc2nc(-c3ccccc3Cl)cn2c1. The Hall–Kier alpha value is -2.40. The fraction of sp³-hybridized carbons (Fsp3) is 0. The van der Waals surface area contributed by atoms with Crippen LogP contribution in [0.4, 0.5) is 5.69 Å². The first kappa shape index (κ1) is 11.7. The molecule has 0 saturated carbocycles. The molecule has 2 heterocycles. The van der Waals surface area contributed by atoms with Crippen molar-refractivity contribution in [2.24, 2.45) is 0 Å². The van der Waals surface area contributed by atoms with Gasteiger partial charge in [-0.1, -0.05) is 29.8 Å². The van der Waals surface area contributed by atoms with Crippen LogP contribution in [0.3, 0.4) is 0 Å². The molecule has 0 N–H and O–H groups in total. The summed E-state index contributed by atoms with van der Waals surface area (Å²) >= 11 is 6.11. The molecule has 0 saturated heterocycles. The van der Waals surface area contributed by atoms with Gasteiger partial charge >= 0.3 is 0 Å². The van der Waals surface area contributed by atoms with Gasteiger partial charge < -0.3 is 0 Å². The molecule has 0 aliphatic rings. The van der Waals surface area contributed by atoms with Crippen LogP contribution in [0.15, 0.2) is 48.8 Å². The second-order valence-electron chi connectivity index (χ2n) is 4.02. The zero-order valence-electron chi connectivity index (χ0n) is 9.65. The lowest BCUT2D eigenvalue weighted by molar-refractivity contribution is -0.385. The summed E-state index contributed by atoms with van der Waals surface area (Å²) in [6.07, 6.45) is 3.16. The topological polar surface area (TPSA) is 60.4 Å². The Morgan fingerprint density at radius 1 is 1.16 bits per heavy atom. The van der Waals surface area contributed by atoms with Gasteiger partial charge in [-0.3, -0.25) is 14.5 Å². The summed E-state index contributed by atoms with van der Waals surface area (Å²) < 4.78 is 1.62. The van der Waals surface area contributed by atoms with E-state index in [1.807, 2.05) is 18.2 Å². The number of halogens is 1. The van der Waals surface area contributed by atoms with E-state index < -0.39 is 4.92 Å². The molecule has 0 aliphatic carbocycles. The van der Waals surface area contributed by atoms with Gasteiger partial charge in [-0.2, -0.15) is 0 Å². The van der Waals surface area contributed by atoms with Gasteiger partial charge in [-0.15, -0.1) is 0 Å². The molecule has 0 aliphatic heterocycles. The van der Waals surface area contributed by atoms with Crippen molar-refractivity contribution in [3.63, 3.8) is 0 Å². The van der Waals surface area contributed by atoms with Crippen molar-refractivity contribution < 1.29 is 4.92 Å². The average Bonchev–Trinajstić information content (AvgIpc) is 2.81. The van der Waals surface area contributed by atoms with Gasteiger partial charge in [0.25, 0.3) is 5.69 Å². The summed E-state index contributed by atoms with van der Waals surface area (Å²) in [7, 11) is 0. The lowest BCUT2D eigenvalue weighted by atomic mass is 10.2. The quantitative estimate of drug-likeness (QED) is 0.530. The van der Waals surface area contributed by atoms with Crippen molar-refractivity contribution in [1.29, 1.82) is 0 Å². The summed E-state index contributed by atoms with van der Waals surface area (Å²) in [5, 5.41) is 11.3. The third-order valence-corrected chi connectivity index (χ3v) is 3.13. The number of rotatable bonds is 2. The maximum atomic E-state index is 10.7. The third-order valence-electron chi connectivity index (χ3n) is 2.80. The number of nitrogens with zero attached hydrogens (tertiary/aromatic N) is 3. The Morgan fingerprint density at radius 2 is 1.95 bits per heavy atom. The van der Waals surface area contributed by atoms with Gasteiger partial charge in [0, 0.05) is 17.8 Å². The maximum absolute atomic E-state index is 10.7.